The molecule has 4 aromatic rings. The Hall–Kier alpha value is -1.98. The molecule has 0 bridgehead atoms. The number of halogens is 2. The van der Waals surface area contributed by atoms with Crippen molar-refractivity contribution in [3.05, 3.63) is 45.4 Å². The first-order valence-corrected chi connectivity index (χ1v) is 11.3. The standard InChI is InChI=1S/C16H17ClN4O2S.C3H3BrN2/c1-9-6-18-2-3-21(9)16-20-13-5-10(17)4-12(14(13)23-16)15-19-7-11(8-22)24-15;4-3-5-1-2-6-3/h4-5,7,9,18,22H,2-3,6,8H2,1H3;1-2H,(H,5,6). The van der Waals surface area contributed by atoms with Crippen LogP contribution < -0.4 is 10.2 Å². The molecule has 30 heavy (non-hydrogen) atoms. The minimum absolute atomic E-state index is 0.0265. The van der Waals surface area contributed by atoms with Gasteiger partial charge in [-0.2, -0.15) is 4.98 Å². The number of piperazine rings is 1. The van der Waals surface area contributed by atoms with Gasteiger partial charge in [0.2, 0.25) is 0 Å². The summed E-state index contributed by atoms with van der Waals surface area (Å²) >= 11 is 10.8. The van der Waals surface area contributed by atoms with Crippen molar-refractivity contribution >= 4 is 56.0 Å². The maximum absolute atomic E-state index is 9.27. The maximum atomic E-state index is 9.27. The number of fused-ring (bicyclic) bond motifs is 1. The maximum Gasteiger partial charge on any atom is 0.298 e. The Labute approximate surface area is 190 Å². The second-order valence-electron chi connectivity index (χ2n) is 6.71. The first-order valence-electron chi connectivity index (χ1n) is 9.33. The van der Waals surface area contributed by atoms with Gasteiger partial charge in [0.25, 0.3) is 6.01 Å². The largest absolute Gasteiger partial charge is 0.423 e. The van der Waals surface area contributed by atoms with Crippen LogP contribution >= 0.6 is 38.9 Å². The third-order valence-electron chi connectivity index (χ3n) is 4.60. The zero-order valence-corrected chi connectivity index (χ0v) is 19.3. The number of thiazole rings is 1. The zero-order chi connectivity index (χ0) is 21.1. The van der Waals surface area contributed by atoms with Crippen molar-refractivity contribution in [3.8, 4) is 10.6 Å². The molecule has 3 N–H and O–H groups in total. The lowest BCUT2D eigenvalue weighted by molar-refractivity contribution is 0.285. The number of aliphatic hydroxyl groups is 1. The smallest absolute Gasteiger partial charge is 0.298 e. The second kappa shape index (κ2) is 9.44. The summed E-state index contributed by atoms with van der Waals surface area (Å²) in [4.78, 5) is 18.6. The van der Waals surface area contributed by atoms with Crippen LogP contribution in [0, 0.1) is 0 Å². The fourth-order valence-electron chi connectivity index (χ4n) is 3.14. The fourth-order valence-corrected chi connectivity index (χ4v) is 4.39. The predicted molar refractivity (Wildman–Crippen MR) is 122 cm³/mol. The number of aromatic amines is 1. The Morgan fingerprint density at radius 3 is 2.90 bits per heavy atom. The Morgan fingerprint density at radius 1 is 1.40 bits per heavy atom. The van der Waals surface area contributed by atoms with Crippen LogP contribution in [0.25, 0.3) is 21.7 Å². The van der Waals surface area contributed by atoms with Gasteiger partial charge in [-0.3, -0.25) is 0 Å². The third kappa shape index (κ3) is 4.68. The third-order valence-corrected chi connectivity index (χ3v) is 6.26. The first-order chi connectivity index (χ1) is 14.5. The summed E-state index contributed by atoms with van der Waals surface area (Å²) < 4.78 is 6.87. The van der Waals surface area contributed by atoms with E-state index in [1.165, 1.54) is 11.3 Å². The second-order valence-corrected chi connectivity index (χ2v) is 9.02. The normalized spacial score (nSPS) is 16.5. The van der Waals surface area contributed by atoms with E-state index in [0.29, 0.717) is 22.7 Å². The molecule has 1 unspecified atom stereocenters. The number of nitrogens with zero attached hydrogens (tertiary/aromatic N) is 4. The Morgan fingerprint density at radius 2 is 2.27 bits per heavy atom. The summed E-state index contributed by atoms with van der Waals surface area (Å²) in [6, 6.07) is 4.56. The number of aliphatic hydroxyl groups excluding tert-OH is 1. The summed E-state index contributed by atoms with van der Waals surface area (Å²) in [5.41, 5.74) is 2.21. The van der Waals surface area contributed by atoms with Crippen molar-refractivity contribution in [2.24, 2.45) is 0 Å². The van der Waals surface area contributed by atoms with Crippen LogP contribution in [0.4, 0.5) is 6.01 Å². The van der Waals surface area contributed by atoms with Gasteiger partial charge in [-0.05, 0) is 35.0 Å². The SMILES string of the molecule is Brc1ncc[nH]1.CC1CNCCN1c1nc2cc(Cl)cc(-c3ncc(CO)s3)c2o1. The predicted octanol–water partition coefficient (Wildman–Crippen LogP) is 4.07. The molecule has 1 aromatic carbocycles. The molecular weight excluding hydrogens is 492 g/mol. The average Bonchev–Trinajstić information content (AvgIpc) is 3.48. The number of imidazole rings is 1. The van der Waals surface area contributed by atoms with E-state index in [2.05, 4.69) is 53.0 Å². The molecule has 8 nitrogen and oxygen atoms in total. The van der Waals surface area contributed by atoms with Crippen molar-refractivity contribution in [2.75, 3.05) is 24.5 Å². The number of rotatable bonds is 3. The number of nitrogens with one attached hydrogen (secondary N) is 2. The summed E-state index contributed by atoms with van der Waals surface area (Å²) in [5.74, 6) is 0. The van der Waals surface area contributed by atoms with E-state index in [1.807, 2.05) is 6.07 Å². The molecule has 11 heteroatoms. The molecular formula is C19H20BrClN6O2S. The van der Waals surface area contributed by atoms with Gasteiger partial charge in [0, 0.05) is 49.3 Å². The van der Waals surface area contributed by atoms with Crippen molar-refractivity contribution in [1.29, 1.82) is 0 Å². The lowest BCUT2D eigenvalue weighted by atomic mass is 10.2. The fraction of sp³-hybridized carbons (Fsp3) is 0.316. The van der Waals surface area contributed by atoms with Crippen LogP contribution in [-0.4, -0.2) is 50.7 Å². The number of H-pyrrole nitrogens is 1. The van der Waals surface area contributed by atoms with Gasteiger partial charge in [0.15, 0.2) is 10.3 Å². The first kappa shape index (κ1) is 21.3. The molecule has 1 saturated heterocycles. The van der Waals surface area contributed by atoms with Crippen molar-refractivity contribution in [1.82, 2.24) is 25.3 Å². The van der Waals surface area contributed by atoms with Gasteiger partial charge in [0.05, 0.1) is 17.0 Å². The molecule has 0 amide bonds. The van der Waals surface area contributed by atoms with Crippen molar-refractivity contribution in [2.45, 2.75) is 19.6 Å². The highest BCUT2D eigenvalue weighted by Gasteiger charge is 2.24. The molecule has 3 aromatic heterocycles. The topological polar surface area (TPSA) is 103 Å². The van der Waals surface area contributed by atoms with Crippen LogP contribution in [0.2, 0.25) is 5.02 Å². The zero-order valence-electron chi connectivity index (χ0n) is 16.1. The van der Waals surface area contributed by atoms with Gasteiger partial charge in [-0.25, -0.2) is 9.97 Å². The highest BCUT2D eigenvalue weighted by Crippen LogP contribution is 2.36. The highest BCUT2D eigenvalue weighted by atomic mass is 79.9. The van der Waals surface area contributed by atoms with E-state index in [9.17, 15) is 5.11 Å². The highest BCUT2D eigenvalue weighted by molar-refractivity contribution is 9.10. The average molecular weight is 512 g/mol. The van der Waals surface area contributed by atoms with E-state index < -0.39 is 0 Å². The Bertz CT molecular complexity index is 1120. The van der Waals surface area contributed by atoms with Gasteiger partial charge in [-0.1, -0.05) is 11.6 Å². The van der Waals surface area contributed by atoms with Crippen molar-refractivity contribution < 1.29 is 9.52 Å². The number of oxazole rings is 1. The molecule has 5 rings (SSSR count). The van der Waals surface area contributed by atoms with Crippen LogP contribution in [0.1, 0.15) is 11.8 Å². The number of hydrogen-bond donors (Lipinski definition) is 3. The minimum atomic E-state index is -0.0265. The lowest BCUT2D eigenvalue weighted by Crippen LogP contribution is -2.50. The van der Waals surface area contributed by atoms with Crippen LogP contribution in [0.15, 0.2) is 39.9 Å². The van der Waals surface area contributed by atoms with E-state index in [0.717, 1.165) is 45.3 Å². The van der Waals surface area contributed by atoms with E-state index in [4.69, 9.17) is 16.0 Å². The van der Waals surface area contributed by atoms with Gasteiger partial charge in [-0.15, -0.1) is 11.3 Å². The van der Waals surface area contributed by atoms with Crippen LogP contribution in [-0.2, 0) is 6.61 Å². The molecule has 1 atom stereocenters. The van der Waals surface area contributed by atoms with Gasteiger partial charge < -0.3 is 24.7 Å². The number of benzene rings is 1. The number of aromatic nitrogens is 4. The number of hydrogen-bond acceptors (Lipinski definition) is 8. The molecule has 1 fully saturated rings. The quantitative estimate of drug-likeness (QED) is 0.381. The Kier molecular flexibility index (Phi) is 6.69. The summed E-state index contributed by atoms with van der Waals surface area (Å²) in [5, 5.41) is 14.0. The van der Waals surface area contributed by atoms with E-state index in [-0.39, 0.29) is 6.61 Å². The number of anilines is 1. The van der Waals surface area contributed by atoms with Crippen LogP contribution in [0.3, 0.4) is 0 Å². The van der Waals surface area contributed by atoms with E-state index in [1.54, 1.807) is 24.7 Å². The molecule has 1 aliphatic rings. The molecule has 0 spiro atoms. The summed E-state index contributed by atoms with van der Waals surface area (Å²) in [7, 11) is 0. The van der Waals surface area contributed by atoms with Gasteiger partial charge >= 0.3 is 0 Å². The van der Waals surface area contributed by atoms with Crippen molar-refractivity contribution in [3.63, 3.8) is 0 Å². The summed E-state index contributed by atoms with van der Waals surface area (Å²) in [6.45, 7) is 4.77. The van der Waals surface area contributed by atoms with E-state index >= 15 is 0 Å². The molecule has 1 aliphatic heterocycles. The van der Waals surface area contributed by atoms with Gasteiger partial charge in [0.1, 0.15) is 10.5 Å². The summed E-state index contributed by atoms with van der Waals surface area (Å²) in [6.07, 6.45) is 5.11. The molecule has 4 heterocycles. The molecule has 158 valence electrons. The molecule has 0 saturated carbocycles. The lowest BCUT2D eigenvalue weighted by Gasteiger charge is -2.32. The molecule has 0 aliphatic carbocycles. The monoisotopic (exact) mass is 510 g/mol. The van der Waals surface area contributed by atoms with Crippen LogP contribution in [0.5, 0.6) is 0 Å². The Balaban J connectivity index is 0.000000313. The minimum Gasteiger partial charge on any atom is -0.423 e. The molecule has 0 radical (unpaired) electrons.